The summed E-state index contributed by atoms with van der Waals surface area (Å²) in [6.45, 7) is 0. The third-order valence-corrected chi connectivity index (χ3v) is 10.6. The fourth-order valence-electron chi connectivity index (χ4n) is 9.41. The summed E-state index contributed by atoms with van der Waals surface area (Å²) in [4.78, 5) is 58.2. The Bertz CT molecular complexity index is 1720. The predicted molar refractivity (Wildman–Crippen MR) is 138 cm³/mol. The van der Waals surface area contributed by atoms with Gasteiger partial charge in [0, 0.05) is 35.1 Å². The Morgan fingerprint density at radius 3 is 1.31 bits per heavy atom. The van der Waals surface area contributed by atoms with Crippen molar-refractivity contribution >= 4 is 34.7 Å². The summed E-state index contributed by atoms with van der Waals surface area (Å²) < 4.78 is 10.3. The number of methoxy groups -OCH3 is 2. The molecule has 0 heterocycles. The number of phenols is 2. The molecule has 2 aromatic rings. The molecule has 2 aromatic carbocycles. The zero-order chi connectivity index (χ0) is 29.9. The van der Waals surface area contributed by atoms with E-state index in [1.165, 1.54) is 26.4 Å². The third-order valence-electron chi connectivity index (χ3n) is 10.6. The normalized spacial score (nSPS) is 36.7. The van der Waals surface area contributed by atoms with Crippen LogP contribution in [0.4, 0.5) is 0 Å². The molecule has 0 saturated heterocycles. The topological polar surface area (TPSA) is 208 Å². The Kier molecular flexibility index (Phi) is 4.30. The molecule has 0 radical (unpaired) electrons. The Hall–Kier alpha value is -4.68. The van der Waals surface area contributed by atoms with Gasteiger partial charge in [-0.3, -0.25) is 19.2 Å². The van der Waals surface area contributed by atoms with E-state index in [-0.39, 0.29) is 33.8 Å². The molecule has 6 aliphatic carbocycles. The summed E-state index contributed by atoms with van der Waals surface area (Å²) in [6, 6.07) is 4.67. The number of Topliss-reactive ketones (excluding diaryl/α,β-unsaturated/α-hetero) is 4. The van der Waals surface area contributed by atoms with Gasteiger partial charge in [0.1, 0.15) is 34.5 Å². The summed E-state index contributed by atoms with van der Waals surface area (Å²) in [5, 5.41) is 68.2. The second-order valence-electron chi connectivity index (χ2n) is 11.7. The number of aromatic hydroxyl groups is 2. The van der Waals surface area contributed by atoms with Crippen LogP contribution in [-0.4, -0.2) is 80.2 Å². The highest BCUT2D eigenvalue weighted by molar-refractivity contribution is 6.30. The molecule has 2 spiro atoms. The molecule has 6 unspecified atom stereocenters. The van der Waals surface area contributed by atoms with Gasteiger partial charge in [0.25, 0.3) is 0 Å². The van der Waals surface area contributed by atoms with E-state index in [0.717, 1.165) is 12.1 Å². The molecule has 6 N–H and O–H groups in total. The van der Waals surface area contributed by atoms with E-state index in [2.05, 4.69) is 0 Å². The van der Waals surface area contributed by atoms with Gasteiger partial charge in [0.2, 0.25) is 0 Å². The van der Waals surface area contributed by atoms with E-state index in [0.29, 0.717) is 0 Å². The number of aliphatic hydroxyl groups is 4. The lowest BCUT2D eigenvalue weighted by atomic mass is 9.46. The maximum Gasteiger partial charge on any atom is 0.175 e. The first-order chi connectivity index (χ1) is 19.9. The molecule has 6 aliphatic rings. The predicted octanol–water partition coefficient (Wildman–Crippen LogP) is 1.10. The number of benzene rings is 2. The van der Waals surface area contributed by atoms with Crippen LogP contribution in [0, 0.1) is 34.5 Å². The molecule has 0 aliphatic heterocycles. The minimum absolute atomic E-state index is 0.0209. The Labute approximate surface area is 235 Å². The van der Waals surface area contributed by atoms with Crippen molar-refractivity contribution in [3.8, 4) is 23.0 Å². The van der Waals surface area contributed by atoms with Crippen LogP contribution in [0.15, 0.2) is 35.4 Å². The van der Waals surface area contributed by atoms with E-state index < -0.39 is 104 Å². The van der Waals surface area contributed by atoms with E-state index in [1.54, 1.807) is 0 Å². The smallest absolute Gasteiger partial charge is 0.175 e. The number of carbonyl (C=O) groups excluding carboxylic acids is 4. The van der Waals surface area contributed by atoms with Crippen LogP contribution in [0.1, 0.15) is 31.8 Å². The van der Waals surface area contributed by atoms with Crippen LogP contribution in [0.25, 0.3) is 11.5 Å². The van der Waals surface area contributed by atoms with Crippen molar-refractivity contribution in [1.29, 1.82) is 0 Å². The number of hydrogen-bond acceptors (Lipinski definition) is 12. The van der Waals surface area contributed by atoms with Gasteiger partial charge in [0.15, 0.2) is 23.1 Å². The fraction of sp³-hybridized carbons (Fsp3) is 0.333. The molecular weight excluding hydrogens is 552 g/mol. The number of fused-ring (bicyclic) bond motifs is 4. The Balaban J connectivity index is 1.52. The molecule has 4 saturated carbocycles. The standard InChI is InChI=1S/C30H22O12/c1-41-7-3-9-13(11(31)5-7)21(33)17-25(37)20-23(35)15-16-24(36)19(29(15,17)27(9)39)26(38)18-22(34)14-10(28(40)30(16,18)20)4-8(42-2)6-12(14)32/h3-6,15-16,19-20,23-24,31-36H,1-2H3/t15?,16?,19?,20?,23-,24-,29?,30?/m0/s1. The maximum absolute atomic E-state index is 14.6. The summed E-state index contributed by atoms with van der Waals surface area (Å²) in [5.74, 6) is -13.1. The molecule has 4 bridgehead atoms. The van der Waals surface area contributed by atoms with Crippen molar-refractivity contribution in [3.63, 3.8) is 0 Å². The van der Waals surface area contributed by atoms with Gasteiger partial charge in [-0.05, 0) is 12.1 Å². The number of aliphatic hydroxyl groups excluding tert-OH is 4. The van der Waals surface area contributed by atoms with Crippen molar-refractivity contribution < 1.29 is 59.3 Å². The van der Waals surface area contributed by atoms with Crippen LogP contribution < -0.4 is 9.47 Å². The number of rotatable bonds is 2. The summed E-state index contributed by atoms with van der Waals surface area (Å²) in [5.41, 5.74) is -7.16. The zero-order valence-electron chi connectivity index (χ0n) is 21.9. The summed E-state index contributed by atoms with van der Waals surface area (Å²) >= 11 is 0. The van der Waals surface area contributed by atoms with Gasteiger partial charge in [-0.15, -0.1) is 0 Å². The lowest BCUT2D eigenvalue weighted by Gasteiger charge is -2.53. The second kappa shape index (κ2) is 7.20. The highest BCUT2D eigenvalue weighted by Gasteiger charge is 2.89. The van der Waals surface area contributed by atoms with Crippen molar-refractivity contribution in [2.75, 3.05) is 14.2 Å². The highest BCUT2D eigenvalue weighted by atomic mass is 16.5. The van der Waals surface area contributed by atoms with E-state index in [9.17, 15) is 49.8 Å². The third kappa shape index (κ3) is 2.14. The average molecular weight is 574 g/mol. The first-order valence-electron chi connectivity index (χ1n) is 13.2. The Morgan fingerprint density at radius 2 is 0.976 bits per heavy atom. The molecule has 42 heavy (non-hydrogen) atoms. The van der Waals surface area contributed by atoms with Crippen LogP contribution in [0.2, 0.25) is 0 Å². The number of carbonyl (C=O) groups is 4. The zero-order valence-corrected chi connectivity index (χ0v) is 21.9. The Morgan fingerprint density at radius 1 is 0.619 bits per heavy atom. The molecule has 214 valence electrons. The first-order valence-corrected chi connectivity index (χ1v) is 13.2. The van der Waals surface area contributed by atoms with Crippen molar-refractivity contribution in [2.45, 2.75) is 12.2 Å². The lowest BCUT2D eigenvalue weighted by Crippen LogP contribution is -2.65. The molecule has 8 atom stereocenters. The largest absolute Gasteiger partial charge is 0.507 e. The first kappa shape index (κ1) is 25.1. The quantitative estimate of drug-likeness (QED) is 0.298. The number of ether oxygens (including phenoxy) is 2. The average Bonchev–Trinajstić information content (AvgIpc) is 3.31. The van der Waals surface area contributed by atoms with Gasteiger partial charge < -0.3 is 40.1 Å². The van der Waals surface area contributed by atoms with Crippen LogP contribution in [-0.2, 0) is 9.59 Å². The van der Waals surface area contributed by atoms with Gasteiger partial charge in [0.05, 0.1) is 71.4 Å². The lowest BCUT2D eigenvalue weighted by molar-refractivity contribution is -0.142. The molecule has 12 heteroatoms. The minimum atomic E-state index is -2.33. The van der Waals surface area contributed by atoms with E-state index >= 15 is 0 Å². The summed E-state index contributed by atoms with van der Waals surface area (Å²) in [7, 11) is 2.55. The van der Waals surface area contributed by atoms with Crippen molar-refractivity contribution in [2.24, 2.45) is 34.5 Å². The highest BCUT2D eigenvalue weighted by Crippen LogP contribution is 2.80. The van der Waals surface area contributed by atoms with Gasteiger partial charge in [-0.1, -0.05) is 0 Å². The number of phenolic OH excluding ortho intramolecular Hbond substituents is 2. The van der Waals surface area contributed by atoms with Crippen LogP contribution in [0.3, 0.4) is 0 Å². The molecule has 0 aromatic heterocycles. The molecule has 4 fully saturated rings. The molecule has 12 nitrogen and oxygen atoms in total. The maximum atomic E-state index is 14.6. The SMILES string of the molecule is COc1cc(O)c2c(c1)C(=O)C13C(=C2O)C(=O)C2[C@@H](O)C1C1[C@H](O)C3C(=O)C3=C(O)c4c(O)cc(OC)cc4C(=O)C321. The summed E-state index contributed by atoms with van der Waals surface area (Å²) in [6.07, 6.45) is -3.49. The monoisotopic (exact) mass is 574 g/mol. The van der Waals surface area contributed by atoms with E-state index in [1.807, 2.05) is 0 Å². The second-order valence-corrected chi connectivity index (χ2v) is 11.7. The number of hydrogen-bond donors (Lipinski definition) is 6. The minimum Gasteiger partial charge on any atom is -0.507 e. The van der Waals surface area contributed by atoms with Gasteiger partial charge in [-0.2, -0.15) is 0 Å². The van der Waals surface area contributed by atoms with E-state index in [4.69, 9.17) is 9.47 Å². The van der Waals surface area contributed by atoms with Crippen LogP contribution >= 0.6 is 0 Å². The molecule has 8 rings (SSSR count). The van der Waals surface area contributed by atoms with Gasteiger partial charge >= 0.3 is 0 Å². The van der Waals surface area contributed by atoms with Crippen LogP contribution in [0.5, 0.6) is 23.0 Å². The molecular formula is C30H22O12. The number of ketones is 4. The van der Waals surface area contributed by atoms with Gasteiger partial charge in [-0.25, -0.2) is 0 Å². The fourth-order valence-corrected chi connectivity index (χ4v) is 9.41. The molecule has 0 amide bonds. The van der Waals surface area contributed by atoms with Crippen molar-refractivity contribution in [1.82, 2.24) is 0 Å². The number of allylic oxidation sites excluding steroid dienone is 2. The van der Waals surface area contributed by atoms with Crippen molar-refractivity contribution in [3.05, 3.63) is 57.7 Å².